The Morgan fingerprint density at radius 2 is 1.74 bits per heavy atom. The summed E-state index contributed by atoms with van der Waals surface area (Å²) in [5, 5.41) is 6.09. The smallest absolute Gasteiger partial charge is 0.240 e. The Bertz CT molecular complexity index is 649. The largest absolute Gasteiger partial charge is 0.489 e. The predicted octanol–water partition coefficient (Wildman–Crippen LogP) is 2.63. The Balaban J connectivity index is 1.50. The van der Waals surface area contributed by atoms with Gasteiger partial charge in [-0.3, -0.25) is 10.1 Å². The molecule has 4 nitrogen and oxygen atoms in total. The van der Waals surface area contributed by atoms with E-state index >= 15 is 0 Å². The van der Waals surface area contributed by atoms with Crippen LogP contribution >= 0.6 is 0 Å². The van der Waals surface area contributed by atoms with Gasteiger partial charge in [0.1, 0.15) is 12.4 Å². The van der Waals surface area contributed by atoms with E-state index in [0.29, 0.717) is 13.2 Å². The van der Waals surface area contributed by atoms with Crippen molar-refractivity contribution in [2.75, 3.05) is 7.05 Å². The minimum atomic E-state index is -0.350. The Kier molecular flexibility index (Phi) is 4.63. The molecule has 0 saturated heterocycles. The van der Waals surface area contributed by atoms with Gasteiger partial charge in [0.2, 0.25) is 5.91 Å². The molecule has 1 aliphatic carbocycles. The van der Waals surface area contributed by atoms with Gasteiger partial charge in [-0.1, -0.05) is 42.5 Å². The second kappa shape index (κ2) is 6.84. The summed E-state index contributed by atoms with van der Waals surface area (Å²) in [6.07, 6.45) is 1.82. The SMILES string of the molecule is CNC(=O)C1(NCc2ccc(OCc3ccccc3)cc2)CC1. The van der Waals surface area contributed by atoms with Gasteiger partial charge in [0, 0.05) is 13.6 Å². The first kappa shape index (κ1) is 15.6. The number of nitrogens with one attached hydrogen (secondary N) is 2. The highest BCUT2D eigenvalue weighted by Gasteiger charge is 2.48. The molecule has 2 aromatic carbocycles. The lowest BCUT2D eigenvalue weighted by molar-refractivity contribution is -0.123. The van der Waals surface area contributed by atoms with E-state index in [1.54, 1.807) is 7.05 Å². The third-order valence-electron chi connectivity index (χ3n) is 4.21. The van der Waals surface area contributed by atoms with E-state index in [1.807, 2.05) is 54.6 Å². The van der Waals surface area contributed by atoms with E-state index in [9.17, 15) is 4.79 Å². The lowest BCUT2D eigenvalue weighted by atomic mass is 10.2. The highest BCUT2D eigenvalue weighted by molar-refractivity contribution is 5.89. The molecular weight excluding hydrogens is 288 g/mol. The summed E-state index contributed by atoms with van der Waals surface area (Å²) in [5.41, 5.74) is 1.95. The van der Waals surface area contributed by atoms with Gasteiger partial charge in [-0.25, -0.2) is 0 Å². The Labute approximate surface area is 136 Å². The number of benzene rings is 2. The Morgan fingerprint density at radius 3 is 2.35 bits per heavy atom. The van der Waals surface area contributed by atoms with Crippen LogP contribution < -0.4 is 15.4 Å². The molecule has 1 saturated carbocycles. The van der Waals surface area contributed by atoms with Crippen LogP contribution in [0.25, 0.3) is 0 Å². The van der Waals surface area contributed by atoms with Crippen LogP contribution in [0.1, 0.15) is 24.0 Å². The molecule has 120 valence electrons. The van der Waals surface area contributed by atoms with Gasteiger partial charge < -0.3 is 10.1 Å². The van der Waals surface area contributed by atoms with Crippen molar-refractivity contribution in [3.8, 4) is 5.75 Å². The topological polar surface area (TPSA) is 50.4 Å². The summed E-state index contributed by atoms with van der Waals surface area (Å²) in [7, 11) is 1.68. The van der Waals surface area contributed by atoms with Gasteiger partial charge in [0.15, 0.2) is 0 Å². The van der Waals surface area contributed by atoms with Crippen molar-refractivity contribution in [3.63, 3.8) is 0 Å². The van der Waals surface area contributed by atoms with Crippen LogP contribution in [-0.4, -0.2) is 18.5 Å². The molecule has 0 bridgehead atoms. The third-order valence-corrected chi connectivity index (χ3v) is 4.21. The zero-order valence-electron chi connectivity index (χ0n) is 13.3. The van der Waals surface area contributed by atoms with E-state index in [-0.39, 0.29) is 11.4 Å². The summed E-state index contributed by atoms with van der Waals surface area (Å²) in [4.78, 5) is 11.8. The molecule has 2 aromatic rings. The molecule has 0 heterocycles. The summed E-state index contributed by atoms with van der Waals surface area (Å²) in [5.74, 6) is 0.936. The highest BCUT2D eigenvalue weighted by Crippen LogP contribution is 2.35. The van der Waals surface area contributed by atoms with Crippen molar-refractivity contribution in [2.45, 2.75) is 31.5 Å². The average molecular weight is 310 g/mol. The maximum Gasteiger partial charge on any atom is 0.240 e. The van der Waals surface area contributed by atoms with E-state index in [4.69, 9.17) is 4.74 Å². The second-order valence-electron chi connectivity index (χ2n) is 5.93. The first-order valence-corrected chi connectivity index (χ1v) is 7.95. The number of ether oxygens (including phenoxy) is 1. The fourth-order valence-electron chi connectivity index (χ4n) is 2.56. The molecule has 0 spiro atoms. The predicted molar refractivity (Wildman–Crippen MR) is 90.1 cm³/mol. The maximum atomic E-state index is 11.8. The molecule has 4 heteroatoms. The highest BCUT2D eigenvalue weighted by atomic mass is 16.5. The molecule has 0 radical (unpaired) electrons. The molecule has 1 fully saturated rings. The normalized spacial score (nSPS) is 15.0. The quantitative estimate of drug-likeness (QED) is 0.826. The number of likely N-dealkylation sites (N-methyl/N-ethyl adjacent to an activating group) is 1. The fourth-order valence-corrected chi connectivity index (χ4v) is 2.56. The summed E-state index contributed by atoms with van der Waals surface area (Å²) < 4.78 is 5.78. The van der Waals surface area contributed by atoms with Crippen LogP contribution in [0.2, 0.25) is 0 Å². The van der Waals surface area contributed by atoms with E-state index in [2.05, 4.69) is 10.6 Å². The first-order valence-electron chi connectivity index (χ1n) is 7.95. The van der Waals surface area contributed by atoms with Gasteiger partial charge in [0.25, 0.3) is 0 Å². The van der Waals surface area contributed by atoms with Gasteiger partial charge >= 0.3 is 0 Å². The second-order valence-corrected chi connectivity index (χ2v) is 5.93. The van der Waals surface area contributed by atoms with Crippen molar-refractivity contribution in [1.82, 2.24) is 10.6 Å². The molecular formula is C19H22N2O2. The molecule has 1 aliphatic rings. The molecule has 0 aliphatic heterocycles. The van der Waals surface area contributed by atoms with Crippen LogP contribution in [0.4, 0.5) is 0 Å². The van der Waals surface area contributed by atoms with E-state index in [1.165, 1.54) is 0 Å². The Morgan fingerprint density at radius 1 is 1.04 bits per heavy atom. The molecule has 2 N–H and O–H groups in total. The van der Waals surface area contributed by atoms with Gasteiger partial charge in [-0.2, -0.15) is 0 Å². The summed E-state index contributed by atoms with van der Waals surface area (Å²) in [6, 6.07) is 18.1. The van der Waals surface area contributed by atoms with Crippen molar-refractivity contribution in [1.29, 1.82) is 0 Å². The van der Waals surface area contributed by atoms with Crippen LogP contribution in [0.15, 0.2) is 54.6 Å². The summed E-state index contributed by atoms with van der Waals surface area (Å²) in [6.45, 7) is 1.25. The molecule has 1 amide bonds. The van der Waals surface area contributed by atoms with Gasteiger partial charge in [-0.15, -0.1) is 0 Å². The Hall–Kier alpha value is -2.33. The average Bonchev–Trinajstić information content (AvgIpc) is 3.40. The van der Waals surface area contributed by atoms with Crippen LogP contribution in [0.5, 0.6) is 5.75 Å². The monoisotopic (exact) mass is 310 g/mol. The number of rotatable bonds is 7. The molecule has 3 rings (SSSR count). The molecule has 23 heavy (non-hydrogen) atoms. The molecule has 0 aromatic heterocycles. The number of carbonyl (C=O) groups excluding carboxylic acids is 1. The lowest BCUT2D eigenvalue weighted by Crippen LogP contribution is -2.44. The van der Waals surface area contributed by atoms with Crippen molar-refractivity contribution >= 4 is 5.91 Å². The first-order chi connectivity index (χ1) is 11.2. The van der Waals surface area contributed by atoms with Crippen LogP contribution in [-0.2, 0) is 17.9 Å². The molecule has 0 unspecified atom stereocenters. The van der Waals surface area contributed by atoms with Crippen molar-refractivity contribution in [2.24, 2.45) is 0 Å². The van der Waals surface area contributed by atoms with Crippen LogP contribution in [0.3, 0.4) is 0 Å². The minimum absolute atomic E-state index is 0.0836. The maximum absolute atomic E-state index is 11.8. The lowest BCUT2D eigenvalue weighted by Gasteiger charge is -2.15. The zero-order chi connectivity index (χ0) is 16.1. The van der Waals surface area contributed by atoms with Gasteiger partial charge in [0.05, 0.1) is 5.54 Å². The number of hydrogen-bond donors (Lipinski definition) is 2. The molecule has 0 atom stereocenters. The van der Waals surface area contributed by atoms with Crippen LogP contribution in [0, 0.1) is 0 Å². The third kappa shape index (κ3) is 3.90. The summed E-state index contributed by atoms with van der Waals surface area (Å²) >= 11 is 0. The standard InChI is InChI=1S/C19H22N2O2/c1-20-18(22)19(11-12-19)21-13-15-7-9-17(10-8-15)23-14-16-5-3-2-4-6-16/h2-10,21H,11-14H2,1H3,(H,20,22). The number of hydrogen-bond acceptors (Lipinski definition) is 3. The van der Waals surface area contributed by atoms with Crippen molar-refractivity contribution in [3.05, 3.63) is 65.7 Å². The number of carbonyl (C=O) groups is 1. The zero-order valence-corrected chi connectivity index (χ0v) is 13.3. The van der Waals surface area contributed by atoms with Crippen molar-refractivity contribution < 1.29 is 9.53 Å². The minimum Gasteiger partial charge on any atom is -0.489 e. The van der Waals surface area contributed by atoms with E-state index < -0.39 is 0 Å². The van der Waals surface area contributed by atoms with E-state index in [0.717, 1.165) is 29.7 Å². The van der Waals surface area contributed by atoms with Gasteiger partial charge in [-0.05, 0) is 36.1 Å². The number of amides is 1. The fraction of sp³-hybridized carbons (Fsp3) is 0.316.